The van der Waals surface area contributed by atoms with Gasteiger partial charge in [0.15, 0.2) is 0 Å². The minimum Gasteiger partial charge on any atom is -0.474 e. The number of amides is 2. The van der Waals surface area contributed by atoms with Crippen LogP contribution in [0.3, 0.4) is 0 Å². The summed E-state index contributed by atoms with van der Waals surface area (Å²) < 4.78 is 0. The summed E-state index contributed by atoms with van der Waals surface area (Å²) in [5, 5.41) is 11.2. The molecule has 1 saturated carbocycles. The molecule has 0 spiro atoms. The van der Waals surface area contributed by atoms with Gasteiger partial charge in [0, 0.05) is 32.0 Å². The molecule has 2 aliphatic rings. The highest BCUT2D eigenvalue weighted by atomic mass is 16.4. The Morgan fingerprint density at radius 3 is 2.56 bits per heavy atom. The van der Waals surface area contributed by atoms with E-state index in [2.05, 4.69) is 5.32 Å². The van der Waals surface area contributed by atoms with Crippen molar-refractivity contribution in [3.63, 3.8) is 0 Å². The summed E-state index contributed by atoms with van der Waals surface area (Å²) in [4.78, 5) is 34.9. The van der Waals surface area contributed by atoms with Crippen LogP contribution < -0.4 is 5.32 Å². The van der Waals surface area contributed by atoms with E-state index >= 15 is 0 Å². The quantitative estimate of drug-likeness (QED) is 0.636. The molecule has 0 radical (unpaired) electrons. The van der Waals surface area contributed by atoms with E-state index in [1.54, 1.807) is 11.8 Å². The van der Waals surface area contributed by atoms with E-state index in [4.69, 9.17) is 5.11 Å². The Labute approximate surface area is 105 Å². The number of carboxylic acid groups (broad SMARTS) is 1. The van der Waals surface area contributed by atoms with E-state index in [1.807, 2.05) is 0 Å². The fraction of sp³-hybridized carbons (Fsp3) is 0.750. The van der Waals surface area contributed by atoms with Crippen molar-refractivity contribution < 1.29 is 19.5 Å². The molecule has 2 amide bonds. The molecule has 0 bridgehead atoms. The largest absolute Gasteiger partial charge is 0.474 e. The lowest BCUT2D eigenvalue weighted by Crippen LogP contribution is -2.47. The summed E-state index contributed by atoms with van der Waals surface area (Å²) in [6.07, 6.45) is 2.82. The van der Waals surface area contributed by atoms with Crippen molar-refractivity contribution in [1.29, 1.82) is 0 Å². The summed E-state index contributed by atoms with van der Waals surface area (Å²) in [5.74, 6) is -1.75. The zero-order valence-electron chi connectivity index (χ0n) is 10.4. The molecule has 2 rings (SSSR count). The number of hydrogen-bond acceptors (Lipinski definition) is 3. The lowest BCUT2D eigenvalue weighted by molar-refractivity contribution is -0.150. The molecule has 3 atom stereocenters. The maximum absolute atomic E-state index is 11.4. The van der Waals surface area contributed by atoms with Gasteiger partial charge in [0.1, 0.15) is 0 Å². The normalized spacial score (nSPS) is 30.7. The second-order valence-corrected chi connectivity index (χ2v) is 5.16. The van der Waals surface area contributed by atoms with E-state index in [9.17, 15) is 14.4 Å². The topological polar surface area (TPSA) is 86.7 Å². The zero-order chi connectivity index (χ0) is 13.3. The monoisotopic (exact) mass is 254 g/mol. The van der Waals surface area contributed by atoms with Crippen LogP contribution in [0.1, 0.15) is 26.2 Å². The average molecular weight is 254 g/mol. The van der Waals surface area contributed by atoms with Gasteiger partial charge in [-0.3, -0.25) is 9.59 Å². The third kappa shape index (κ3) is 2.47. The molecule has 3 unspecified atom stereocenters. The molecule has 100 valence electrons. The molecule has 2 N–H and O–H groups in total. The maximum Gasteiger partial charge on any atom is 0.394 e. The number of nitrogens with zero attached hydrogens (tertiary/aromatic N) is 1. The van der Waals surface area contributed by atoms with Crippen molar-refractivity contribution in [3.8, 4) is 0 Å². The van der Waals surface area contributed by atoms with Crippen molar-refractivity contribution in [2.75, 3.05) is 13.1 Å². The lowest BCUT2D eigenvalue weighted by atomic mass is 9.78. The Morgan fingerprint density at radius 1 is 1.22 bits per heavy atom. The van der Waals surface area contributed by atoms with Crippen LogP contribution in [0.4, 0.5) is 0 Å². The highest BCUT2D eigenvalue weighted by Gasteiger charge is 2.41. The molecular formula is C12H18N2O4. The molecule has 1 saturated heterocycles. The Balaban J connectivity index is 2.02. The predicted octanol–water partition coefficient (Wildman–Crippen LogP) is -0.166. The van der Waals surface area contributed by atoms with Crippen LogP contribution in [0.2, 0.25) is 0 Å². The number of likely N-dealkylation sites (tertiary alicyclic amines) is 1. The molecule has 0 aromatic heterocycles. The van der Waals surface area contributed by atoms with Gasteiger partial charge in [0.25, 0.3) is 0 Å². The second kappa shape index (κ2) is 4.96. The number of carbonyl (C=O) groups excluding carboxylic acids is 2. The van der Waals surface area contributed by atoms with E-state index in [0.717, 1.165) is 25.8 Å². The number of nitrogens with one attached hydrogen (secondary N) is 1. The first-order valence-electron chi connectivity index (χ1n) is 6.28. The van der Waals surface area contributed by atoms with Crippen LogP contribution >= 0.6 is 0 Å². The van der Waals surface area contributed by atoms with E-state index in [1.165, 1.54) is 0 Å². The van der Waals surface area contributed by atoms with Gasteiger partial charge in [-0.15, -0.1) is 0 Å². The average Bonchev–Trinajstić information content (AvgIpc) is 2.73. The van der Waals surface area contributed by atoms with Crippen LogP contribution in [0.5, 0.6) is 0 Å². The first-order chi connectivity index (χ1) is 8.49. The molecule has 2 fully saturated rings. The summed E-state index contributed by atoms with van der Waals surface area (Å²) in [5.41, 5.74) is 0. The first-order valence-corrected chi connectivity index (χ1v) is 6.28. The summed E-state index contributed by atoms with van der Waals surface area (Å²) in [6.45, 7) is 2.91. The molecule has 1 aliphatic carbocycles. The van der Waals surface area contributed by atoms with Crippen molar-refractivity contribution in [3.05, 3.63) is 0 Å². The number of rotatable bonds is 1. The molecule has 18 heavy (non-hydrogen) atoms. The minimum atomic E-state index is -1.45. The highest BCUT2D eigenvalue weighted by molar-refractivity contribution is 6.31. The van der Waals surface area contributed by atoms with E-state index in [0.29, 0.717) is 12.5 Å². The van der Waals surface area contributed by atoms with Gasteiger partial charge in [-0.05, 0) is 18.8 Å². The predicted molar refractivity (Wildman–Crippen MR) is 62.7 cm³/mol. The number of fused-ring (bicyclic) bond motifs is 1. The molecule has 1 heterocycles. The number of hydrogen-bond donors (Lipinski definition) is 2. The molecular weight excluding hydrogens is 236 g/mol. The van der Waals surface area contributed by atoms with Crippen LogP contribution in [-0.2, 0) is 14.4 Å². The van der Waals surface area contributed by atoms with Gasteiger partial charge in [0.05, 0.1) is 0 Å². The zero-order valence-corrected chi connectivity index (χ0v) is 10.4. The molecule has 6 nitrogen and oxygen atoms in total. The number of carbonyl (C=O) groups is 3. The lowest BCUT2D eigenvalue weighted by Gasteiger charge is -2.32. The summed E-state index contributed by atoms with van der Waals surface area (Å²) >= 11 is 0. The van der Waals surface area contributed by atoms with Crippen LogP contribution in [-0.4, -0.2) is 46.9 Å². The second-order valence-electron chi connectivity index (χ2n) is 5.16. The van der Waals surface area contributed by atoms with Gasteiger partial charge in [-0.25, -0.2) is 4.79 Å². The maximum atomic E-state index is 11.4. The third-order valence-electron chi connectivity index (χ3n) is 4.05. The number of aliphatic carboxylic acids is 1. The van der Waals surface area contributed by atoms with Gasteiger partial charge < -0.3 is 15.3 Å². The Bertz CT molecular complexity index is 382. The van der Waals surface area contributed by atoms with Gasteiger partial charge in [0.2, 0.25) is 5.91 Å². The van der Waals surface area contributed by atoms with Crippen molar-refractivity contribution >= 4 is 17.8 Å². The van der Waals surface area contributed by atoms with Crippen molar-refractivity contribution in [2.24, 2.45) is 11.8 Å². The fourth-order valence-corrected chi connectivity index (χ4v) is 3.14. The standard InChI is InChI=1S/C12H18N2O4/c1-7(15)14-5-8-3-2-4-10(9(8)6-14)13-11(16)12(17)18/h8-10H,2-6H2,1H3,(H,13,16)(H,17,18). The molecule has 0 aromatic rings. The molecule has 1 aliphatic heterocycles. The van der Waals surface area contributed by atoms with E-state index < -0.39 is 11.9 Å². The fourth-order valence-electron chi connectivity index (χ4n) is 3.14. The van der Waals surface area contributed by atoms with Gasteiger partial charge >= 0.3 is 11.9 Å². The smallest absolute Gasteiger partial charge is 0.394 e. The Kier molecular flexibility index (Phi) is 3.54. The van der Waals surface area contributed by atoms with Crippen LogP contribution in [0, 0.1) is 11.8 Å². The van der Waals surface area contributed by atoms with Crippen LogP contribution in [0.25, 0.3) is 0 Å². The van der Waals surface area contributed by atoms with Gasteiger partial charge in [-0.2, -0.15) is 0 Å². The Hall–Kier alpha value is -1.59. The Morgan fingerprint density at radius 2 is 1.94 bits per heavy atom. The van der Waals surface area contributed by atoms with Crippen molar-refractivity contribution in [2.45, 2.75) is 32.2 Å². The first kappa shape index (κ1) is 12.9. The SMILES string of the molecule is CC(=O)N1CC2CCCC(NC(=O)C(=O)O)C2C1. The molecule has 6 heteroatoms. The summed E-state index contributed by atoms with van der Waals surface area (Å²) in [7, 11) is 0. The summed E-state index contributed by atoms with van der Waals surface area (Å²) in [6, 6.07) is -0.114. The molecule has 0 aromatic carbocycles. The van der Waals surface area contributed by atoms with Crippen molar-refractivity contribution in [1.82, 2.24) is 10.2 Å². The third-order valence-corrected chi connectivity index (χ3v) is 4.05. The van der Waals surface area contributed by atoms with E-state index in [-0.39, 0.29) is 17.9 Å². The highest BCUT2D eigenvalue weighted by Crippen LogP contribution is 2.36. The van der Waals surface area contributed by atoms with Gasteiger partial charge in [-0.1, -0.05) is 6.42 Å². The minimum absolute atomic E-state index is 0.0488. The number of carboxylic acids is 1. The van der Waals surface area contributed by atoms with Crippen LogP contribution in [0.15, 0.2) is 0 Å².